The molecule has 3 aliphatic heterocycles. The Balaban J connectivity index is 1.14. The first-order valence-electron chi connectivity index (χ1n) is 22.1. The second kappa shape index (κ2) is 16.4. The zero-order valence-electron chi connectivity index (χ0n) is 36.2. The van der Waals surface area contributed by atoms with Crippen LogP contribution in [0.4, 0.5) is 4.79 Å². The summed E-state index contributed by atoms with van der Waals surface area (Å²) in [4.78, 5) is 65.5. The van der Waals surface area contributed by atoms with E-state index in [1.54, 1.807) is 6.92 Å². The lowest BCUT2D eigenvalue weighted by Gasteiger charge is -2.35. The maximum atomic E-state index is 14.9. The number of benzene rings is 1. The molecule has 0 spiro atoms. The normalized spacial score (nSPS) is 30.9. The van der Waals surface area contributed by atoms with Crippen LogP contribution in [0.5, 0.6) is 11.6 Å². The maximum absolute atomic E-state index is 14.9. The van der Waals surface area contributed by atoms with Crippen molar-refractivity contribution in [1.29, 1.82) is 0 Å². The van der Waals surface area contributed by atoms with Crippen molar-refractivity contribution >= 4 is 44.7 Å². The van der Waals surface area contributed by atoms with Gasteiger partial charge in [0.1, 0.15) is 41.7 Å². The van der Waals surface area contributed by atoms with Crippen molar-refractivity contribution in [2.45, 2.75) is 145 Å². The highest BCUT2D eigenvalue weighted by molar-refractivity contribution is 7.91. The topological polar surface area (TPSA) is 186 Å². The maximum Gasteiger partial charge on any atom is 0.408 e. The third-order valence-corrected chi connectivity index (χ3v) is 16.0. The van der Waals surface area contributed by atoms with Crippen LogP contribution >= 0.6 is 0 Å². The van der Waals surface area contributed by atoms with Gasteiger partial charge in [-0.1, -0.05) is 51.8 Å². The van der Waals surface area contributed by atoms with Gasteiger partial charge in [-0.2, -0.15) is 0 Å². The first-order chi connectivity index (χ1) is 28.9. The number of carbonyl (C=O) groups is 4. The summed E-state index contributed by atoms with van der Waals surface area (Å²) in [6.07, 6.45) is 7.76. The first-order valence-corrected chi connectivity index (χ1v) is 23.6. The number of aromatic nitrogens is 1. The molecule has 8 rings (SSSR count). The molecule has 4 amide bonds. The standard InChI is InChI=1S/C45H62N6O9S/c1-7-28-25-45(28,41(54)49-61(56,57)44(5)19-20-44)48-38(52)34-24-30-26-51(34)40(53)37(43(2,3)4)47-42(55)60-35-23-27(35)13-9-8-10-15-32-36(58-29-17-21-50(6)22-18-29)31-14-11-12-16-33(31)46-39(32)59-30/h7,11-12,14,16,27-30,34-35,37H,1,8-10,13,15,17-26H2,2-6H3,(H,47,55)(H,48,52)(H,49,54)/t27-,28+,30-,34+,35-,37-,45-/m1/s1. The molecule has 2 bridgehead atoms. The predicted octanol–water partition coefficient (Wildman–Crippen LogP) is 4.76. The molecule has 5 fully saturated rings. The zero-order valence-corrected chi connectivity index (χ0v) is 37.0. The van der Waals surface area contributed by atoms with E-state index in [0.717, 1.165) is 74.7 Å². The van der Waals surface area contributed by atoms with Crippen LogP contribution in [0.2, 0.25) is 0 Å². The molecule has 2 saturated heterocycles. The molecule has 15 nitrogen and oxygen atoms in total. The number of ether oxygens (including phenoxy) is 3. The van der Waals surface area contributed by atoms with Gasteiger partial charge >= 0.3 is 6.09 Å². The number of fused-ring (bicyclic) bond motifs is 5. The Morgan fingerprint density at radius 1 is 1.05 bits per heavy atom. The van der Waals surface area contributed by atoms with E-state index in [-0.39, 0.29) is 37.5 Å². The minimum Gasteiger partial charge on any atom is -0.489 e. The summed E-state index contributed by atoms with van der Waals surface area (Å²) in [7, 11) is -1.89. The Morgan fingerprint density at radius 2 is 1.79 bits per heavy atom. The molecule has 0 unspecified atom stereocenters. The number of piperidine rings is 1. The van der Waals surface area contributed by atoms with E-state index in [9.17, 15) is 27.6 Å². The Morgan fingerprint density at radius 3 is 2.48 bits per heavy atom. The van der Waals surface area contributed by atoms with Crippen LogP contribution < -0.4 is 24.8 Å². The molecule has 3 aliphatic carbocycles. The molecule has 3 saturated carbocycles. The van der Waals surface area contributed by atoms with Crippen LogP contribution in [0.15, 0.2) is 36.9 Å². The molecule has 1 aromatic heterocycles. The van der Waals surface area contributed by atoms with Crippen LogP contribution in [0.3, 0.4) is 0 Å². The van der Waals surface area contributed by atoms with Crippen LogP contribution in [-0.2, 0) is 35.6 Å². The molecule has 16 heteroatoms. The van der Waals surface area contributed by atoms with E-state index in [1.807, 2.05) is 45.0 Å². The van der Waals surface area contributed by atoms with Gasteiger partial charge in [0.15, 0.2) is 0 Å². The Kier molecular flexibility index (Phi) is 11.6. The number of para-hydroxylation sites is 1. The SMILES string of the molecule is C=C[C@H]1C[C@]1(NC(=O)[C@@H]1C[C@@H]2CN1C(=O)[C@H](C(C)(C)C)NC(=O)O[C@@H]1C[C@H]1CCCCCc1c(nc3ccccc3c1OC1CCN(C)CC1)O2)C(=O)NS(=O)(=O)C1(C)CC1. The fraction of sp³-hybridized carbons (Fsp3) is 0.667. The first kappa shape index (κ1) is 43.2. The van der Waals surface area contributed by atoms with E-state index in [2.05, 4.69) is 33.9 Å². The van der Waals surface area contributed by atoms with Crippen molar-refractivity contribution in [1.82, 2.24) is 30.1 Å². The Bertz CT molecular complexity index is 2180. The number of amides is 4. The van der Waals surface area contributed by atoms with Crippen molar-refractivity contribution in [3.8, 4) is 11.6 Å². The van der Waals surface area contributed by atoms with Crippen molar-refractivity contribution in [3.05, 3.63) is 42.5 Å². The summed E-state index contributed by atoms with van der Waals surface area (Å²) in [5, 5.41) is 6.61. The molecule has 2 aromatic rings. The number of hydrogen-bond acceptors (Lipinski definition) is 11. The number of alkyl carbamates (subject to hydrolysis) is 1. The second-order valence-electron chi connectivity index (χ2n) is 19.7. The van der Waals surface area contributed by atoms with E-state index >= 15 is 0 Å². The van der Waals surface area contributed by atoms with Gasteiger partial charge in [-0.3, -0.25) is 19.1 Å². The molecular weight excluding hydrogens is 801 g/mol. The second-order valence-corrected chi connectivity index (χ2v) is 21.9. The number of carbonyl (C=O) groups excluding carboxylic acids is 4. The molecule has 4 heterocycles. The number of nitrogens with one attached hydrogen (secondary N) is 3. The van der Waals surface area contributed by atoms with E-state index in [1.165, 1.54) is 11.0 Å². The fourth-order valence-electron chi connectivity index (χ4n) is 9.23. The molecule has 7 atom stereocenters. The van der Waals surface area contributed by atoms with Gasteiger partial charge in [-0.05, 0) is 95.2 Å². The summed E-state index contributed by atoms with van der Waals surface area (Å²) in [5.41, 5.74) is -0.818. The number of hydrogen-bond donors (Lipinski definition) is 3. The Labute approximate surface area is 359 Å². The van der Waals surface area contributed by atoms with Crippen molar-refractivity contribution in [2.75, 3.05) is 26.7 Å². The smallest absolute Gasteiger partial charge is 0.408 e. The minimum absolute atomic E-state index is 0.0108. The van der Waals surface area contributed by atoms with Crippen LogP contribution in [0.25, 0.3) is 10.9 Å². The lowest BCUT2D eigenvalue weighted by atomic mass is 9.85. The van der Waals surface area contributed by atoms with Gasteiger partial charge < -0.3 is 34.6 Å². The summed E-state index contributed by atoms with van der Waals surface area (Å²) in [5.74, 6) is -1.13. The largest absolute Gasteiger partial charge is 0.489 e. The number of sulfonamides is 1. The number of pyridine rings is 1. The number of rotatable bonds is 8. The summed E-state index contributed by atoms with van der Waals surface area (Å²) < 4.78 is 47.1. The van der Waals surface area contributed by atoms with Crippen molar-refractivity contribution in [2.24, 2.45) is 17.3 Å². The summed E-state index contributed by atoms with van der Waals surface area (Å²) >= 11 is 0. The van der Waals surface area contributed by atoms with E-state index in [0.29, 0.717) is 30.7 Å². The predicted molar refractivity (Wildman–Crippen MR) is 228 cm³/mol. The van der Waals surface area contributed by atoms with Gasteiger partial charge in [-0.25, -0.2) is 18.2 Å². The highest BCUT2D eigenvalue weighted by Crippen LogP contribution is 2.47. The number of nitrogens with zero attached hydrogens (tertiary/aromatic N) is 3. The third-order valence-electron chi connectivity index (χ3n) is 13.9. The molecule has 0 radical (unpaired) electrons. The van der Waals surface area contributed by atoms with Crippen LogP contribution in [0.1, 0.15) is 104 Å². The number of likely N-dealkylation sites (tertiary alicyclic amines) is 1. The lowest BCUT2D eigenvalue weighted by Crippen LogP contribution is -2.60. The van der Waals surface area contributed by atoms with E-state index < -0.39 is 73.6 Å². The van der Waals surface area contributed by atoms with Crippen molar-refractivity contribution in [3.63, 3.8) is 0 Å². The lowest BCUT2D eigenvalue weighted by molar-refractivity contribution is -0.142. The average molecular weight is 863 g/mol. The van der Waals surface area contributed by atoms with Gasteiger partial charge in [-0.15, -0.1) is 6.58 Å². The van der Waals surface area contributed by atoms with Gasteiger partial charge in [0.25, 0.3) is 5.91 Å². The average Bonchev–Trinajstić information content (AvgIpc) is 4.17. The van der Waals surface area contributed by atoms with E-state index in [4.69, 9.17) is 19.2 Å². The highest BCUT2D eigenvalue weighted by atomic mass is 32.2. The van der Waals surface area contributed by atoms with Crippen molar-refractivity contribution < 1.29 is 41.8 Å². The van der Waals surface area contributed by atoms with Crippen LogP contribution in [-0.4, -0.2) is 114 Å². The molecule has 6 aliphatic rings. The summed E-state index contributed by atoms with van der Waals surface area (Å²) in [6.45, 7) is 12.7. The summed E-state index contributed by atoms with van der Waals surface area (Å²) in [6, 6.07) is 5.62. The monoisotopic (exact) mass is 862 g/mol. The molecule has 3 N–H and O–H groups in total. The zero-order chi connectivity index (χ0) is 43.5. The molecule has 61 heavy (non-hydrogen) atoms. The highest BCUT2D eigenvalue weighted by Gasteiger charge is 2.63. The fourth-order valence-corrected chi connectivity index (χ4v) is 10.5. The Hall–Kier alpha value is -4.44. The molecule has 1 aromatic carbocycles. The van der Waals surface area contributed by atoms with Crippen LogP contribution in [0, 0.1) is 17.3 Å². The molecule has 332 valence electrons. The third kappa shape index (κ3) is 8.93. The molecular formula is C45H62N6O9S. The van der Waals surface area contributed by atoms with Gasteiger partial charge in [0.05, 0.1) is 22.4 Å². The van der Waals surface area contributed by atoms with Gasteiger partial charge in [0, 0.05) is 30.8 Å². The quantitative estimate of drug-likeness (QED) is 0.311. The van der Waals surface area contributed by atoms with Gasteiger partial charge in [0.2, 0.25) is 27.7 Å². The minimum atomic E-state index is -4.01.